The Morgan fingerprint density at radius 1 is 0.977 bits per heavy atom. The first-order valence-electron chi connectivity index (χ1n) is 14.4. The van der Waals surface area contributed by atoms with Gasteiger partial charge in [0, 0.05) is 29.1 Å². The summed E-state index contributed by atoms with van der Waals surface area (Å²) in [6, 6.07) is 11.6. The molecule has 0 saturated carbocycles. The van der Waals surface area contributed by atoms with Crippen LogP contribution in [-0.4, -0.2) is 65.9 Å². The highest BCUT2D eigenvalue weighted by molar-refractivity contribution is 7.70. The van der Waals surface area contributed by atoms with Crippen LogP contribution in [0.5, 0.6) is 5.75 Å². The van der Waals surface area contributed by atoms with Gasteiger partial charge in [0.05, 0.1) is 25.1 Å². The van der Waals surface area contributed by atoms with Gasteiger partial charge >= 0.3 is 6.36 Å². The molecule has 3 aliphatic rings. The number of alkyl halides is 3. The largest absolute Gasteiger partial charge is 0.573 e. The third kappa shape index (κ3) is 6.95. The van der Waals surface area contributed by atoms with Crippen LogP contribution in [0.25, 0.3) is 0 Å². The van der Waals surface area contributed by atoms with Crippen molar-refractivity contribution >= 4 is 47.2 Å². The van der Waals surface area contributed by atoms with Crippen LogP contribution in [0.15, 0.2) is 42.6 Å². The fourth-order valence-corrected chi connectivity index (χ4v) is 7.84. The van der Waals surface area contributed by atoms with Crippen LogP contribution >= 0.6 is 18.7 Å². The van der Waals surface area contributed by atoms with Crippen molar-refractivity contribution in [2.45, 2.75) is 63.0 Å². The number of nitrogens with one attached hydrogen (secondary N) is 2. The Labute approximate surface area is 253 Å². The van der Waals surface area contributed by atoms with Crippen molar-refractivity contribution in [3.05, 3.63) is 58.7 Å². The molecule has 3 unspecified atom stereocenters. The summed E-state index contributed by atoms with van der Waals surface area (Å²) in [7, 11) is -3.02. The number of rotatable bonds is 7. The standard InChI is InChI=1S/C30H34ClF3N5O3P/c1-43(2,40)27-14-24(42-30(32,33)34)11-12-26(27)37-28-25(31)15-35-29(38-28)36-20-6-3-18-4-7-21(8-5-19(18)13-20)39-22-9-10-23(39)17-41-16-22/h3,6,11-15,21-23H,4-5,7-10,16-17H2,1-2H3,(H2,35,36,37,38). The van der Waals surface area contributed by atoms with E-state index in [-0.39, 0.29) is 22.1 Å². The van der Waals surface area contributed by atoms with Gasteiger partial charge < -0.3 is 24.7 Å². The lowest BCUT2D eigenvalue weighted by Gasteiger charge is -2.40. The first kappa shape index (κ1) is 30.2. The Kier molecular flexibility index (Phi) is 8.37. The molecule has 2 bridgehead atoms. The zero-order chi connectivity index (χ0) is 30.4. The molecule has 1 aromatic heterocycles. The van der Waals surface area contributed by atoms with E-state index in [0.29, 0.717) is 23.8 Å². The molecular formula is C30H34ClF3N5O3P. The number of benzene rings is 2. The molecule has 2 fully saturated rings. The Bertz CT molecular complexity index is 1540. The molecule has 3 aromatic rings. The van der Waals surface area contributed by atoms with Crippen molar-refractivity contribution in [2.24, 2.45) is 0 Å². The topological polar surface area (TPSA) is 88.6 Å². The molecule has 13 heteroatoms. The third-order valence-electron chi connectivity index (χ3n) is 8.45. The van der Waals surface area contributed by atoms with E-state index in [1.54, 1.807) is 0 Å². The average Bonchev–Trinajstić information content (AvgIpc) is 3.08. The van der Waals surface area contributed by atoms with Crippen LogP contribution in [0.1, 0.15) is 36.8 Å². The van der Waals surface area contributed by atoms with Gasteiger partial charge in [0.15, 0.2) is 5.82 Å². The van der Waals surface area contributed by atoms with Crippen LogP contribution in [0.3, 0.4) is 0 Å². The lowest BCUT2D eigenvalue weighted by atomic mass is 10.0. The van der Waals surface area contributed by atoms with Gasteiger partial charge in [0.25, 0.3) is 0 Å². The summed E-state index contributed by atoms with van der Waals surface area (Å²) in [5.74, 6) is 0.0500. The normalized spacial score (nSPS) is 22.5. The minimum absolute atomic E-state index is 0.174. The zero-order valence-electron chi connectivity index (χ0n) is 24.0. The van der Waals surface area contributed by atoms with Crippen LogP contribution < -0.4 is 20.7 Å². The number of anilines is 4. The zero-order valence-corrected chi connectivity index (χ0v) is 25.6. The molecule has 230 valence electrons. The number of morpholine rings is 1. The van der Waals surface area contributed by atoms with Crippen molar-refractivity contribution in [1.29, 1.82) is 0 Å². The van der Waals surface area contributed by atoms with Gasteiger partial charge in [-0.2, -0.15) is 4.98 Å². The van der Waals surface area contributed by atoms with Crippen LogP contribution in [0.2, 0.25) is 5.02 Å². The monoisotopic (exact) mass is 635 g/mol. The summed E-state index contributed by atoms with van der Waals surface area (Å²) in [5.41, 5.74) is 3.83. The Morgan fingerprint density at radius 3 is 2.40 bits per heavy atom. The average molecular weight is 636 g/mol. The predicted octanol–water partition coefficient (Wildman–Crippen LogP) is 6.87. The molecule has 2 saturated heterocycles. The quantitative estimate of drug-likeness (QED) is 0.215. The van der Waals surface area contributed by atoms with Gasteiger partial charge in [0.2, 0.25) is 5.95 Å². The minimum atomic E-state index is -4.87. The van der Waals surface area contributed by atoms with Crippen molar-refractivity contribution < 1.29 is 27.2 Å². The Balaban J connectivity index is 1.18. The highest BCUT2D eigenvalue weighted by Crippen LogP contribution is 2.41. The molecule has 43 heavy (non-hydrogen) atoms. The van der Waals surface area contributed by atoms with Gasteiger partial charge in [-0.1, -0.05) is 17.7 Å². The number of fused-ring (bicyclic) bond motifs is 3. The van der Waals surface area contributed by atoms with E-state index in [0.717, 1.165) is 56.7 Å². The van der Waals surface area contributed by atoms with Crippen LogP contribution in [0.4, 0.5) is 36.3 Å². The summed E-state index contributed by atoms with van der Waals surface area (Å²) < 4.78 is 61.1. The van der Waals surface area contributed by atoms with Crippen molar-refractivity contribution in [3.63, 3.8) is 0 Å². The number of ether oxygens (including phenoxy) is 2. The van der Waals surface area contributed by atoms with Gasteiger partial charge in [0.1, 0.15) is 17.9 Å². The highest BCUT2D eigenvalue weighted by atomic mass is 35.5. The van der Waals surface area contributed by atoms with E-state index >= 15 is 0 Å². The molecule has 3 heterocycles. The maximum absolute atomic E-state index is 13.0. The first-order valence-corrected chi connectivity index (χ1v) is 17.4. The number of aromatic nitrogens is 2. The van der Waals surface area contributed by atoms with Gasteiger partial charge in [-0.3, -0.25) is 4.90 Å². The molecule has 8 nitrogen and oxygen atoms in total. The fraction of sp³-hybridized carbons (Fsp3) is 0.467. The molecular weight excluding hydrogens is 602 g/mol. The third-order valence-corrected chi connectivity index (χ3v) is 10.3. The summed E-state index contributed by atoms with van der Waals surface area (Å²) in [6.45, 7) is 4.62. The van der Waals surface area contributed by atoms with E-state index in [4.69, 9.17) is 16.3 Å². The van der Waals surface area contributed by atoms with Crippen molar-refractivity contribution in [1.82, 2.24) is 14.9 Å². The van der Waals surface area contributed by atoms with E-state index in [2.05, 4.69) is 42.4 Å². The van der Waals surface area contributed by atoms with Gasteiger partial charge in [-0.25, -0.2) is 4.98 Å². The minimum Gasteiger partial charge on any atom is -0.406 e. The van der Waals surface area contributed by atoms with Crippen LogP contribution in [0, 0.1) is 0 Å². The molecule has 0 spiro atoms. The number of aryl methyl sites for hydroxylation is 2. The SMILES string of the molecule is CP(C)(=O)c1cc(OC(F)(F)F)ccc1Nc1nc(Nc2ccc3c(c2)CCC(N2C4CCC2COC4)CC3)ncc1Cl. The number of halogens is 4. The fourth-order valence-electron chi connectivity index (χ4n) is 6.55. The summed E-state index contributed by atoms with van der Waals surface area (Å²) >= 11 is 6.38. The summed E-state index contributed by atoms with van der Waals surface area (Å²) in [5, 5.41) is 6.65. The van der Waals surface area contributed by atoms with E-state index in [1.165, 1.54) is 49.6 Å². The van der Waals surface area contributed by atoms with Crippen molar-refractivity contribution in [3.8, 4) is 5.75 Å². The Morgan fingerprint density at radius 2 is 1.70 bits per heavy atom. The molecule has 2 aliphatic heterocycles. The molecule has 0 radical (unpaired) electrons. The van der Waals surface area contributed by atoms with Gasteiger partial charge in [-0.05, 0) is 93.3 Å². The summed E-state index contributed by atoms with van der Waals surface area (Å²) in [4.78, 5) is 11.6. The lowest BCUT2D eigenvalue weighted by molar-refractivity contribution is -0.274. The number of hydrogen-bond donors (Lipinski definition) is 2. The van der Waals surface area contributed by atoms with Crippen LogP contribution in [-0.2, 0) is 22.1 Å². The molecule has 2 aromatic carbocycles. The smallest absolute Gasteiger partial charge is 0.406 e. The Hall–Kier alpha value is -2.85. The maximum Gasteiger partial charge on any atom is 0.573 e. The molecule has 0 amide bonds. The van der Waals surface area contributed by atoms with E-state index in [9.17, 15) is 17.7 Å². The summed E-state index contributed by atoms with van der Waals surface area (Å²) in [6.07, 6.45) is 3.32. The second-order valence-electron chi connectivity index (χ2n) is 11.8. The van der Waals surface area contributed by atoms with Crippen molar-refractivity contribution in [2.75, 3.05) is 37.2 Å². The highest BCUT2D eigenvalue weighted by Gasteiger charge is 2.41. The predicted molar refractivity (Wildman–Crippen MR) is 162 cm³/mol. The number of nitrogens with zero attached hydrogens (tertiary/aromatic N) is 3. The van der Waals surface area contributed by atoms with Gasteiger partial charge in [-0.15, -0.1) is 13.2 Å². The first-order chi connectivity index (χ1) is 20.4. The van der Waals surface area contributed by atoms with E-state index < -0.39 is 19.3 Å². The second-order valence-corrected chi connectivity index (χ2v) is 15.4. The van der Waals surface area contributed by atoms with E-state index in [1.807, 2.05) is 6.07 Å². The maximum atomic E-state index is 13.0. The molecule has 2 N–H and O–H groups in total. The lowest BCUT2D eigenvalue weighted by Crippen LogP contribution is -2.51. The second kappa shape index (κ2) is 11.9. The number of hydrogen-bond acceptors (Lipinski definition) is 8. The molecule has 3 atom stereocenters. The molecule has 1 aliphatic carbocycles. The molecule has 6 rings (SSSR count).